The first kappa shape index (κ1) is 43.3. The number of hydrogen-bond donors (Lipinski definition) is 0. The third kappa shape index (κ3) is 9.67. The normalized spacial score (nSPS) is 15.0. The molecule has 57 heavy (non-hydrogen) atoms. The van der Waals surface area contributed by atoms with Crippen molar-refractivity contribution in [1.29, 1.82) is 0 Å². The summed E-state index contributed by atoms with van der Waals surface area (Å²) in [5.74, 6) is 0.206. The molecule has 0 amide bonds. The van der Waals surface area contributed by atoms with Crippen molar-refractivity contribution in [2.75, 3.05) is 19.8 Å². The Bertz CT molecular complexity index is 2110. The van der Waals surface area contributed by atoms with Crippen LogP contribution in [0.3, 0.4) is 0 Å². The summed E-state index contributed by atoms with van der Waals surface area (Å²) in [6.45, 7) is 17.2. The predicted molar refractivity (Wildman–Crippen MR) is 208 cm³/mol. The molecule has 4 nitrogen and oxygen atoms in total. The van der Waals surface area contributed by atoms with Gasteiger partial charge in [-0.15, -0.1) is 0 Å². The molecule has 0 bridgehead atoms. The number of para-hydroxylation sites is 1. The molecule has 0 radical (unpaired) electrons. The van der Waals surface area contributed by atoms with Crippen molar-refractivity contribution < 1.29 is 39.5 Å². The van der Waals surface area contributed by atoms with Gasteiger partial charge in [0, 0.05) is 24.2 Å². The van der Waals surface area contributed by atoms with Gasteiger partial charge >= 0.3 is 18.5 Å². The predicted octanol–water partition coefficient (Wildman–Crippen LogP) is 13.4. The lowest BCUT2D eigenvalue weighted by atomic mass is 9.92. The number of hydrogen-bond acceptors (Lipinski definition) is 2. The molecule has 1 aliphatic heterocycles. The summed E-state index contributed by atoms with van der Waals surface area (Å²) < 4.78 is 129. The smallest absolute Gasteiger partial charge is 0.338 e. The molecule has 1 aliphatic rings. The standard InChI is InChI=1S/C44H47F9N4/c1-24(2)34-12-10-13-35(25(3)4)39(34)55-41(37-28(7)16-26(5)17-29(37)8)57-15-11-14-56(23-57)40(54-38-30(9)18-27(6)19-36(38)44(51,52)53)31-20-32(42(45,46)47)22-33(21-31)43(48,49)50/h10,12-13,16-22,24-25H,11,14-15,23H2,1-9H3. The Labute approximate surface area is 328 Å². The van der Waals surface area contributed by atoms with Gasteiger partial charge in [-0.05, 0) is 105 Å². The molecular formula is C44H47F9N4. The van der Waals surface area contributed by atoms with Crippen molar-refractivity contribution in [2.24, 2.45) is 9.98 Å². The SMILES string of the molecule is Cc1cc(C)c(C(=Nc2c(C(C)C)cccc2C(C)C)N2CCCN(C(=Nc3c(C)cc(C)cc3C(F)(F)F)c3cc(C(F)(F)F)cc(C(F)(F)F)c3)C2)c(C)c1. The van der Waals surface area contributed by atoms with Crippen LogP contribution >= 0.6 is 0 Å². The van der Waals surface area contributed by atoms with Crippen molar-refractivity contribution in [1.82, 2.24) is 9.80 Å². The van der Waals surface area contributed by atoms with Gasteiger partial charge in [0.2, 0.25) is 0 Å². The third-order valence-corrected chi connectivity index (χ3v) is 10.1. The van der Waals surface area contributed by atoms with Crippen LogP contribution in [-0.4, -0.2) is 41.2 Å². The maximum atomic E-state index is 14.6. The van der Waals surface area contributed by atoms with Crippen LogP contribution in [0.5, 0.6) is 0 Å². The van der Waals surface area contributed by atoms with Crippen LogP contribution in [0.25, 0.3) is 0 Å². The Kier molecular flexibility index (Phi) is 12.3. The maximum absolute atomic E-state index is 14.6. The molecule has 0 aromatic heterocycles. The molecule has 0 N–H and O–H groups in total. The van der Waals surface area contributed by atoms with Gasteiger partial charge in [0.1, 0.15) is 11.7 Å². The second-order valence-electron chi connectivity index (χ2n) is 15.5. The summed E-state index contributed by atoms with van der Waals surface area (Å²) >= 11 is 0. The van der Waals surface area contributed by atoms with E-state index < -0.39 is 52.3 Å². The van der Waals surface area contributed by atoms with E-state index in [1.165, 1.54) is 24.8 Å². The minimum atomic E-state index is -5.20. The van der Waals surface area contributed by atoms with Gasteiger partial charge in [0.25, 0.3) is 0 Å². The maximum Gasteiger partial charge on any atom is 0.418 e. The summed E-state index contributed by atoms with van der Waals surface area (Å²) in [4.78, 5) is 13.1. The summed E-state index contributed by atoms with van der Waals surface area (Å²) in [5, 5.41) is 0. The molecule has 0 unspecified atom stereocenters. The minimum absolute atomic E-state index is 0.00587. The van der Waals surface area contributed by atoms with E-state index in [0.29, 0.717) is 30.9 Å². The molecule has 1 saturated heterocycles. The summed E-state index contributed by atoms with van der Waals surface area (Å²) in [6, 6.07) is 13.3. The molecule has 13 heteroatoms. The van der Waals surface area contributed by atoms with E-state index >= 15 is 0 Å². The van der Waals surface area contributed by atoms with Crippen LogP contribution < -0.4 is 0 Å². The van der Waals surface area contributed by atoms with Gasteiger partial charge in [0.15, 0.2) is 0 Å². The molecule has 5 rings (SSSR count). The minimum Gasteiger partial charge on any atom is -0.338 e. The second kappa shape index (κ2) is 16.2. The zero-order chi connectivity index (χ0) is 42.4. The van der Waals surface area contributed by atoms with Crippen LogP contribution in [0.4, 0.5) is 50.9 Å². The van der Waals surface area contributed by atoms with E-state index in [9.17, 15) is 39.5 Å². The largest absolute Gasteiger partial charge is 0.418 e. The fourth-order valence-corrected chi connectivity index (χ4v) is 7.54. The van der Waals surface area contributed by atoms with E-state index in [4.69, 9.17) is 4.99 Å². The van der Waals surface area contributed by atoms with E-state index in [1.807, 2.05) is 56.0 Å². The number of halogens is 9. The Morgan fingerprint density at radius 1 is 0.561 bits per heavy atom. The molecule has 1 fully saturated rings. The highest BCUT2D eigenvalue weighted by molar-refractivity contribution is 6.04. The Balaban J connectivity index is 1.82. The van der Waals surface area contributed by atoms with Gasteiger partial charge in [-0.3, -0.25) is 0 Å². The lowest BCUT2D eigenvalue weighted by molar-refractivity contribution is -0.143. The molecule has 4 aromatic carbocycles. The lowest BCUT2D eigenvalue weighted by Crippen LogP contribution is -2.50. The van der Waals surface area contributed by atoms with Crippen LogP contribution in [0.2, 0.25) is 0 Å². The second-order valence-corrected chi connectivity index (χ2v) is 15.5. The number of rotatable bonds is 6. The molecule has 1 heterocycles. The van der Waals surface area contributed by atoms with Crippen molar-refractivity contribution >= 4 is 23.0 Å². The van der Waals surface area contributed by atoms with Crippen LogP contribution in [0.15, 0.2) is 70.6 Å². The van der Waals surface area contributed by atoms with E-state index in [-0.39, 0.29) is 42.2 Å². The van der Waals surface area contributed by atoms with E-state index in [1.54, 1.807) is 0 Å². The molecule has 0 spiro atoms. The number of nitrogens with zero attached hydrogens (tertiary/aromatic N) is 4. The van der Waals surface area contributed by atoms with E-state index in [0.717, 1.165) is 45.1 Å². The first-order valence-electron chi connectivity index (χ1n) is 18.7. The Morgan fingerprint density at radius 3 is 1.49 bits per heavy atom. The van der Waals surface area contributed by atoms with Crippen LogP contribution in [-0.2, 0) is 18.5 Å². The number of alkyl halides is 9. The van der Waals surface area contributed by atoms with Gasteiger partial charge in [0.05, 0.1) is 34.7 Å². The van der Waals surface area contributed by atoms with Gasteiger partial charge in [-0.25, -0.2) is 9.98 Å². The number of amidine groups is 2. The van der Waals surface area contributed by atoms with Crippen molar-refractivity contribution in [2.45, 2.75) is 99.1 Å². The monoisotopic (exact) mass is 802 g/mol. The highest BCUT2D eigenvalue weighted by atomic mass is 19.4. The fourth-order valence-electron chi connectivity index (χ4n) is 7.54. The first-order valence-corrected chi connectivity index (χ1v) is 18.7. The highest BCUT2D eigenvalue weighted by Crippen LogP contribution is 2.42. The average molecular weight is 803 g/mol. The number of aryl methyl sites for hydroxylation is 5. The molecule has 4 aromatic rings. The third-order valence-electron chi connectivity index (χ3n) is 10.1. The Morgan fingerprint density at radius 2 is 1.02 bits per heavy atom. The number of benzene rings is 4. The molecular weight excluding hydrogens is 755 g/mol. The summed E-state index contributed by atoms with van der Waals surface area (Å²) in [7, 11) is 0. The van der Waals surface area contributed by atoms with Crippen molar-refractivity contribution in [3.63, 3.8) is 0 Å². The zero-order valence-electron chi connectivity index (χ0n) is 33.4. The lowest BCUT2D eigenvalue weighted by Gasteiger charge is -2.40. The topological polar surface area (TPSA) is 31.2 Å². The van der Waals surface area contributed by atoms with Crippen molar-refractivity contribution in [3.05, 3.63) is 127 Å². The highest BCUT2D eigenvalue weighted by Gasteiger charge is 2.39. The fraction of sp³-hybridized carbons (Fsp3) is 0.409. The first-order chi connectivity index (χ1) is 26.4. The van der Waals surface area contributed by atoms with Crippen molar-refractivity contribution in [3.8, 4) is 0 Å². The zero-order valence-corrected chi connectivity index (χ0v) is 33.4. The van der Waals surface area contributed by atoms with E-state index in [2.05, 4.69) is 32.7 Å². The molecule has 0 saturated carbocycles. The van der Waals surface area contributed by atoms with Crippen LogP contribution in [0.1, 0.15) is 113 Å². The molecule has 306 valence electrons. The van der Waals surface area contributed by atoms with Crippen LogP contribution in [0, 0.1) is 34.6 Å². The average Bonchev–Trinajstić information content (AvgIpc) is 3.08. The van der Waals surface area contributed by atoms with Gasteiger partial charge in [-0.1, -0.05) is 75.2 Å². The quantitative estimate of drug-likeness (QED) is 0.110. The van der Waals surface area contributed by atoms with Gasteiger partial charge in [-0.2, -0.15) is 39.5 Å². The molecule has 0 atom stereocenters. The summed E-state index contributed by atoms with van der Waals surface area (Å²) in [5.41, 5.74) is 1.01. The number of aliphatic imine (C=N–C) groups is 2. The summed E-state index contributed by atoms with van der Waals surface area (Å²) in [6.07, 6.45) is -15.0. The van der Waals surface area contributed by atoms with Gasteiger partial charge < -0.3 is 9.80 Å². The molecule has 0 aliphatic carbocycles. The Hall–Kier alpha value is -4.81.